The number of rotatable bonds is 4. The van der Waals surface area contributed by atoms with Crippen LogP contribution in [0.2, 0.25) is 0 Å². The van der Waals surface area contributed by atoms with Gasteiger partial charge in [0.2, 0.25) is 0 Å². The smallest absolute Gasteiger partial charge is 0.0543 e. The number of nitrogens with one attached hydrogen (secondary N) is 1. The van der Waals surface area contributed by atoms with Crippen LogP contribution in [0.25, 0.3) is 0 Å². The highest BCUT2D eigenvalue weighted by molar-refractivity contribution is 5.04. The van der Waals surface area contributed by atoms with E-state index in [0.717, 1.165) is 19.5 Å². The molecule has 0 amide bonds. The first-order valence-electron chi connectivity index (χ1n) is 5.22. The number of hydrogen-bond donors (Lipinski definition) is 1. The summed E-state index contributed by atoms with van der Waals surface area (Å²) in [5.41, 5.74) is 1.25. The van der Waals surface area contributed by atoms with Gasteiger partial charge < -0.3 is 5.32 Å². The van der Waals surface area contributed by atoms with Crippen molar-refractivity contribution in [3.05, 3.63) is 18.0 Å². The van der Waals surface area contributed by atoms with Crippen molar-refractivity contribution in [3.63, 3.8) is 0 Å². The SMILES string of the molecule is C#CCCNCc1cnn(C(C)(C)C)c1. The first kappa shape index (κ1) is 11.8. The summed E-state index contributed by atoms with van der Waals surface area (Å²) in [6.07, 6.45) is 9.90. The van der Waals surface area contributed by atoms with Crippen molar-refractivity contribution >= 4 is 0 Å². The summed E-state index contributed by atoms with van der Waals surface area (Å²) in [6, 6.07) is 0. The van der Waals surface area contributed by atoms with E-state index in [2.05, 4.69) is 43.3 Å². The molecule has 1 rings (SSSR count). The van der Waals surface area contributed by atoms with Crippen molar-refractivity contribution in [1.29, 1.82) is 0 Å². The molecule has 0 aliphatic carbocycles. The van der Waals surface area contributed by atoms with E-state index in [1.165, 1.54) is 5.56 Å². The Morgan fingerprint density at radius 2 is 2.27 bits per heavy atom. The van der Waals surface area contributed by atoms with Crippen LogP contribution in [0.4, 0.5) is 0 Å². The molecule has 0 radical (unpaired) electrons. The molecule has 15 heavy (non-hydrogen) atoms. The molecule has 0 atom stereocenters. The third kappa shape index (κ3) is 3.77. The van der Waals surface area contributed by atoms with E-state index >= 15 is 0 Å². The van der Waals surface area contributed by atoms with E-state index in [4.69, 9.17) is 6.42 Å². The summed E-state index contributed by atoms with van der Waals surface area (Å²) in [4.78, 5) is 0. The summed E-state index contributed by atoms with van der Waals surface area (Å²) < 4.78 is 1.98. The largest absolute Gasteiger partial charge is 0.312 e. The fourth-order valence-electron chi connectivity index (χ4n) is 1.21. The lowest BCUT2D eigenvalue weighted by atomic mass is 10.1. The van der Waals surface area contributed by atoms with Crippen LogP contribution in [-0.2, 0) is 12.1 Å². The molecule has 1 aromatic heterocycles. The zero-order valence-electron chi connectivity index (χ0n) is 9.75. The molecule has 1 heterocycles. The number of nitrogens with zero attached hydrogens (tertiary/aromatic N) is 2. The van der Waals surface area contributed by atoms with Gasteiger partial charge in [0.1, 0.15) is 0 Å². The maximum Gasteiger partial charge on any atom is 0.0543 e. The summed E-state index contributed by atoms with van der Waals surface area (Å²) in [6.45, 7) is 8.09. The summed E-state index contributed by atoms with van der Waals surface area (Å²) in [5.74, 6) is 2.60. The molecule has 0 aromatic carbocycles. The molecule has 1 N–H and O–H groups in total. The molecule has 0 aliphatic rings. The maximum absolute atomic E-state index is 5.16. The van der Waals surface area contributed by atoms with Crippen LogP contribution in [0.15, 0.2) is 12.4 Å². The lowest BCUT2D eigenvalue weighted by Gasteiger charge is -2.18. The molecular weight excluding hydrogens is 186 g/mol. The van der Waals surface area contributed by atoms with E-state index < -0.39 is 0 Å². The first-order chi connectivity index (χ1) is 7.04. The highest BCUT2D eigenvalue weighted by Crippen LogP contribution is 2.12. The summed E-state index contributed by atoms with van der Waals surface area (Å²) in [5, 5.41) is 7.59. The molecule has 82 valence electrons. The molecule has 0 spiro atoms. The predicted octanol–water partition coefficient (Wildman–Crippen LogP) is 1.75. The van der Waals surface area contributed by atoms with Crippen LogP contribution in [0, 0.1) is 12.3 Å². The molecule has 0 saturated carbocycles. The zero-order valence-corrected chi connectivity index (χ0v) is 9.75. The normalized spacial score (nSPS) is 11.3. The third-order valence-corrected chi connectivity index (χ3v) is 2.10. The Morgan fingerprint density at radius 1 is 1.53 bits per heavy atom. The van der Waals surface area contributed by atoms with E-state index in [9.17, 15) is 0 Å². The average Bonchev–Trinajstić information content (AvgIpc) is 2.60. The van der Waals surface area contributed by atoms with E-state index in [-0.39, 0.29) is 5.54 Å². The monoisotopic (exact) mass is 205 g/mol. The second-order valence-corrected chi connectivity index (χ2v) is 4.59. The van der Waals surface area contributed by atoms with Crippen LogP contribution in [0.5, 0.6) is 0 Å². The Balaban J connectivity index is 2.44. The van der Waals surface area contributed by atoms with Crippen LogP contribution < -0.4 is 5.32 Å². The van der Waals surface area contributed by atoms with Crippen molar-refractivity contribution in [2.75, 3.05) is 6.54 Å². The third-order valence-electron chi connectivity index (χ3n) is 2.10. The number of terminal acetylenes is 1. The van der Waals surface area contributed by atoms with E-state index in [1.54, 1.807) is 0 Å². The van der Waals surface area contributed by atoms with Crippen LogP contribution in [0.3, 0.4) is 0 Å². The van der Waals surface area contributed by atoms with Gasteiger partial charge in [-0.05, 0) is 20.8 Å². The molecular formula is C12H19N3. The quantitative estimate of drug-likeness (QED) is 0.599. The Bertz CT molecular complexity index is 338. The second-order valence-electron chi connectivity index (χ2n) is 4.59. The number of aromatic nitrogens is 2. The van der Waals surface area contributed by atoms with Crippen molar-refractivity contribution < 1.29 is 0 Å². The van der Waals surface area contributed by atoms with Gasteiger partial charge in [-0.1, -0.05) is 0 Å². The maximum atomic E-state index is 5.16. The minimum atomic E-state index is 0.0526. The highest BCUT2D eigenvalue weighted by atomic mass is 15.3. The fraction of sp³-hybridized carbons (Fsp3) is 0.583. The average molecular weight is 205 g/mol. The highest BCUT2D eigenvalue weighted by Gasteiger charge is 2.13. The Hall–Kier alpha value is -1.27. The Morgan fingerprint density at radius 3 is 2.80 bits per heavy atom. The van der Waals surface area contributed by atoms with Crippen LogP contribution >= 0.6 is 0 Å². The van der Waals surface area contributed by atoms with Gasteiger partial charge in [-0.3, -0.25) is 4.68 Å². The van der Waals surface area contributed by atoms with Gasteiger partial charge in [0.25, 0.3) is 0 Å². The molecule has 0 fully saturated rings. The molecule has 3 nitrogen and oxygen atoms in total. The van der Waals surface area contributed by atoms with Gasteiger partial charge in [-0.25, -0.2) is 0 Å². The lowest BCUT2D eigenvalue weighted by Crippen LogP contribution is -2.22. The topological polar surface area (TPSA) is 29.9 Å². The van der Waals surface area contributed by atoms with E-state index in [0.29, 0.717) is 0 Å². The zero-order chi connectivity index (χ0) is 11.3. The summed E-state index contributed by atoms with van der Waals surface area (Å²) in [7, 11) is 0. The van der Waals surface area contributed by atoms with Crippen molar-refractivity contribution in [2.24, 2.45) is 0 Å². The Labute approximate surface area is 91.9 Å². The van der Waals surface area contributed by atoms with Crippen molar-refractivity contribution in [1.82, 2.24) is 15.1 Å². The first-order valence-corrected chi connectivity index (χ1v) is 5.22. The molecule has 0 aliphatic heterocycles. The number of hydrogen-bond acceptors (Lipinski definition) is 2. The van der Waals surface area contributed by atoms with E-state index in [1.807, 2.05) is 10.9 Å². The van der Waals surface area contributed by atoms with Gasteiger partial charge >= 0.3 is 0 Å². The minimum Gasteiger partial charge on any atom is -0.312 e. The van der Waals surface area contributed by atoms with Crippen molar-refractivity contribution in [3.8, 4) is 12.3 Å². The molecule has 3 heteroatoms. The van der Waals surface area contributed by atoms with Gasteiger partial charge in [-0.15, -0.1) is 12.3 Å². The molecule has 0 bridgehead atoms. The van der Waals surface area contributed by atoms with Crippen LogP contribution in [-0.4, -0.2) is 16.3 Å². The van der Waals surface area contributed by atoms with Crippen LogP contribution in [0.1, 0.15) is 32.8 Å². The molecule has 0 unspecified atom stereocenters. The second kappa shape index (κ2) is 4.99. The Kier molecular flexibility index (Phi) is 3.93. The molecule has 0 saturated heterocycles. The standard InChI is InChI=1S/C12H19N3/c1-5-6-7-13-8-11-9-14-15(10-11)12(2,3)4/h1,9-10,13H,6-8H2,2-4H3. The predicted molar refractivity (Wildman–Crippen MR) is 62.4 cm³/mol. The minimum absolute atomic E-state index is 0.0526. The van der Waals surface area contributed by atoms with Gasteiger partial charge in [0.15, 0.2) is 0 Å². The molecule has 1 aromatic rings. The summed E-state index contributed by atoms with van der Waals surface area (Å²) >= 11 is 0. The van der Waals surface area contributed by atoms with Gasteiger partial charge in [0, 0.05) is 31.3 Å². The fourth-order valence-corrected chi connectivity index (χ4v) is 1.21. The van der Waals surface area contributed by atoms with Gasteiger partial charge in [0.05, 0.1) is 11.7 Å². The van der Waals surface area contributed by atoms with Crippen molar-refractivity contribution in [2.45, 2.75) is 39.3 Å². The van der Waals surface area contributed by atoms with Gasteiger partial charge in [-0.2, -0.15) is 5.10 Å². The lowest BCUT2D eigenvalue weighted by molar-refractivity contribution is 0.355.